The topological polar surface area (TPSA) is 98.2 Å². The number of rotatable bonds is 4. The van der Waals surface area contributed by atoms with Crippen LogP contribution in [0.3, 0.4) is 0 Å². The van der Waals surface area contributed by atoms with Crippen molar-refractivity contribution < 1.29 is 14.1 Å². The van der Waals surface area contributed by atoms with E-state index < -0.39 is 5.91 Å². The molecule has 0 aliphatic rings. The number of nitrogens with two attached hydrogens (primary N) is 1. The van der Waals surface area contributed by atoms with Gasteiger partial charge in [0.2, 0.25) is 11.8 Å². The molecular weight excluding hydrogens is 198 g/mol. The quantitative estimate of drug-likeness (QED) is 0.770. The molecule has 6 heteroatoms. The van der Waals surface area contributed by atoms with E-state index in [1.54, 1.807) is 6.92 Å². The summed E-state index contributed by atoms with van der Waals surface area (Å²) >= 11 is 0. The first-order valence-corrected chi connectivity index (χ1v) is 4.62. The van der Waals surface area contributed by atoms with Gasteiger partial charge in [0.15, 0.2) is 0 Å². The zero-order valence-corrected chi connectivity index (χ0v) is 8.66. The van der Waals surface area contributed by atoms with E-state index in [0.29, 0.717) is 18.5 Å². The Balaban J connectivity index is 2.86. The highest BCUT2D eigenvalue weighted by Gasteiger charge is 2.19. The van der Waals surface area contributed by atoms with Crippen LogP contribution in [0, 0.1) is 6.92 Å². The molecule has 2 amide bonds. The van der Waals surface area contributed by atoms with Gasteiger partial charge in [0.1, 0.15) is 5.56 Å². The molecule has 0 fully saturated rings. The number of carbonyl (C=O) groups is 2. The predicted molar refractivity (Wildman–Crippen MR) is 53.3 cm³/mol. The van der Waals surface area contributed by atoms with Gasteiger partial charge in [-0.25, -0.2) is 0 Å². The van der Waals surface area contributed by atoms with Gasteiger partial charge >= 0.3 is 0 Å². The van der Waals surface area contributed by atoms with Crippen LogP contribution in [0.5, 0.6) is 0 Å². The molecule has 0 aliphatic heterocycles. The van der Waals surface area contributed by atoms with Crippen molar-refractivity contribution in [3.05, 3.63) is 11.3 Å². The van der Waals surface area contributed by atoms with Gasteiger partial charge in [0.05, 0.1) is 5.69 Å². The van der Waals surface area contributed by atoms with Gasteiger partial charge in [-0.2, -0.15) is 0 Å². The second kappa shape index (κ2) is 4.59. The molecule has 15 heavy (non-hydrogen) atoms. The Morgan fingerprint density at radius 1 is 1.53 bits per heavy atom. The molecule has 0 aromatic carbocycles. The number of hydrogen-bond acceptors (Lipinski definition) is 4. The molecule has 82 valence electrons. The fourth-order valence-corrected chi connectivity index (χ4v) is 1.16. The number of nitrogens with one attached hydrogen (secondary N) is 1. The van der Waals surface area contributed by atoms with Crippen LogP contribution < -0.4 is 11.1 Å². The molecule has 0 saturated carbocycles. The molecule has 0 radical (unpaired) electrons. The van der Waals surface area contributed by atoms with Gasteiger partial charge < -0.3 is 10.3 Å². The highest BCUT2D eigenvalue weighted by Crippen LogP contribution is 2.18. The van der Waals surface area contributed by atoms with Crippen LogP contribution in [0.25, 0.3) is 0 Å². The summed E-state index contributed by atoms with van der Waals surface area (Å²) in [5, 5.41) is 6.01. The molecule has 0 spiro atoms. The second-order valence-electron chi connectivity index (χ2n) is 3.13. The van der Waals surface area contributed by atoms with Crippen LogP contribution in [0.4, 0.5) is 5.88 Å². The molecule has 0 aliphatic carbocycles. The van der Waals surface area contributed by atoms with Crippen LogP contribution >= 0.6 is 0 Å². The third-order valence-corrected chi connectivity index (χ3v) is 1.84. The Labute approximate surface area is 86.8 Å². The van der Waals surface area contributed by atoms with E-state index in [1.807, 2.05) is 6.92 Å². The van der Waals surface area contributed by atoms with Crippen molar-refractivity contribution in [3.63, 3.8) is 0 Å². The summed E-state index contributed by atoms with van der Waals surface area (Å²) < 4.78 is 4.79. The summed E-state index contributed by atoms with van der Waals surface area (Å²) in [6.45, 7) is 3.46. The molecule has 1 rings (SSSR count). The number of nitrogens with zero attached hydrogens (tertiary/aromatic N) is 1. The van der Waals surface area contributed by atoms with Crippen molar-refractivity contribution in [2.75, 3.05) is 5.32 Å². The van der Waals surface area contributed by atoms with Gasteiger partial charge in [-0.15, -0.1) is 0 Å². The minimum atomic E-state index is -0.666. The summed E-state index contributed by atoms with van der Waals surface area (Å²) in [7, 11) is 0. The molecular formula is C9H13N3O3. The van der Waals surface area contributed by atoms with E-state index in [-0.39, 0.29) is 17.4 Å². The van der Waals surface area contributed by atoms with Gasteiger partial charge in [-0.3, -0.25) is 14.9 Å². The van der Waals surface area contributed by atoms with Crippen molar-refractivity contribution in [3.8, 4) is 0 Å². The van der Waals surface area contributed by atoms with Crippen molar-refractivity contribution in [2.45, 2.75) is 26.7 Å². The SMILES string of the molecule is CCCC(=O)Nc1onc(C)c1C(N)=O. The number of carbonyl (C=O) groups excluding carboxylic acids is 2. The van der Waals surface area contributed by atoms with E-state index in [1.165, 1.54) is 0 Å². The summed E-state index contributed by atoms with van der Waals surface area (Å²) in [5.41, 5.74) is 5.61. The number of hydrogen-bond donors (Lipinski definition) is 2. The summed E-state index contributed by atoms with van der Waals surface area (Å²) in [5.74, 6) is -0.866. The first kappa shape index (κ1) is 11.2. The number of anilines is 1. The molecule has 6 nitrogen and oxygen atoms in total. The van der Waals surface area contributed by atoms with Crippen LogP contribution in [-0.4, -0.2) is 17.0 Å². The van der Waals surface area contributed by atoms with E-state index in [9.17, 15) is 9.59 Å². The van der Waals surface area contributed by atoms with Crippen LogP contribution in [0.1, 0.15) is 35.8 Å². The second-order valence-corrected chi connectivity index (χ2v) is 3.13. The third-order valence-electron chi connectivity index (χ3n) is 1.84. The molecule has 0 unspecified atom stereocenters. The van der Waals surface area contributed by atoms with Gasteiger partial charge in [-0.05, 0) is 13.3 Å². The fraction of sp³-hybridized carbons (Fsp3) is 0.444. The zero-order valence-electron chi connectivity index (χ0n) is 8.66. The predicted octanol–water partition coefficient (Wildman–Crippen LogP) is 0.821. The normalized spacial score (nSPS) is 10.0. The zero-order chi connectivity index (χ0) is 11.4. The van der Waals surface area contributed by atoms with Crippen molar-refractivity contribution >= 4 is 17.7 Å². The number of aromatic nitrogens is 1. The lowest BCUT2D eigenvalue weighted by Gasteiger charge is -2.00. The Bertz CT molecular complexity index is 384. The largest absolute Gasteiger partial charge is 0.365 e. The van der Waals surface area contributed by atoms with Crippen molar-refractivity contribution in [1.82, 2.24) is 5.16 Å². The monoisotopic (exact) mass is 211 g/mol. The minimum absolute atomic E-state index is 0.0263. The van der Waals surface area contributed by atoms with E-state index in [0.717, 1.165) is 0 Å². The Morgan fingerprint density at radius 3 is 2.73 bits per heavy atom. The van der Waals surface area contributed by atoms with Gasteiger partial charge in [0, 0.05) is 6.42 Å². The fourth-order valence-electron chi connectivity index (χ4n) is 1.16. The maximum Gasteiger partial charge on any atom is 0.256 e. The molecule has 3 N–H and O–H groups in total. The molecule has 1 aromatic rings. The maximum atomic E-state index is 11.2. The molecule has 0 saturated heterocycles. The smallest absolute Gasteiger partial charge is 0.256 e. The Hall–Kier alpha value is -1.85. The number of primary amides is 1. The minimum Gasteiger partial charge on any atom is -0.365 e. The standard InChI is InChI=1S/C9H13N3O3/c1-3-4-6(13)11-9-7(8(10)14)5(2)12-15-9/h3-4H2,1-2H3,(H2,10,14)(H,11,13). The molecule has 1 heterocycles. The highest BCUT2D eigenvalue weighted by atomic mass is 16.5. The van der Waals surface area contributed by atoms with Crippen LogP contribution in [-0.2, 0) is 4.79 Å². The van der Waals surface area contributed by atoms with E-state index >= 15 is 0 Å². The lowest BCUT2D eigenvalue weighted by atomic mass is 10.2. The van der Waals surface area contributed by atoms with E-state index in [2.05, 4.69) is 10.5 Å². The Kier molecular flexibility index (Phi) is 3.43. The summed E-state index contributed by atoms with van der Waals surface area (Å²) in [6.07, 6.45) is 1.07. The third kappa shape index (κ3) is 2.55. The van der Waals surface area contributed by atoms with E-state index in [4.69, 9.17) is 10.3 Å². The molecule has 0 bridgehead atoms. The first-order valence-electron chi connectivity index (χ1n) is 4.62. The lowest BCUT2D eigenvalue weighted by Crippen LogP contribution is -2.17. The van der Waals surface area contributed by atoms with Crippen LogP contribution in [0.2, 0.25) is 0 Å². The van der Waals surface area contributed by atoms with Gasteiger partial charge in [0.25, 0.3) is 5.91 Å². The average Bonchev–Trinajstić information content (AvgIpc) is 2.47. The van der Waals surface area contributed by atoms with Crippen molar-refractivity contribution in [2.24, 2.45) is 5.73 Å². The van der Waals surface area contributed by atoms with Crippen LogP contribution in [0.15, 0.2) is 4.52 Å². The number of amides is 2. The molecule has 0 atom stereocenters. The summed E-state index contributed by atoms with van der Waals surface area (Å²) in [6, 6.07) is 0. The first-order chi connectivity index (χ1) is 7.06. The highest BCUT2D eigenvalue weighted by molar-refractivity contribution is 6.02. The maximum absolute atomic E-state index is 11.2. The summed E-state index contributed by atoms with van der Waals surface area (Å²) in [4.78, 5) is 22.3. The lowest BCUT2D eigenvalue weighted by molar-refractivity contribution is -0.116. The van der Waals surface area contributed by atoms with Gasteiger partial charge in [-0.1, -0.05) is 12.1 Å². The number of aryl methyl sites for hydroxylation is 1. The van der Waals surface area contributed by atoms with Crippen molar-refractivity contribution in [1.29, 1.82) is 0 Å². The Morgan fingerprint density at radius 2 is 2.20 bits per heavy atom. The average molecular weight is 211 g/mol. The molecule has 1 aromatic heterocycles.